The third kappa shape index (κ3) is 3.53. The van der Waals surface area contributed by atoms with E-state index in [4.69, 9.17) is 9.72 Å². The smallest absolute Gasteiger partial charge is 0.267 e. The van der Waals surface area contributed by atoms with Gasteiger partial charge in [-0.25, -0.2) is 9.37 Å². The molecule has 3 aromatic rings. The second-order valence-corrected chi connectivity index (χ2v) is 10.1. The summed E-state index contributed by atoms with van der Waals surface area (Å²) >= 11 is 3.18. The van der Waals surface area contributed by atoms with Crippen LogP contribution >= 0.6 is 23.1 Å². The molecule has 29 heavy (non-hydrogen) atoms. The molecule has 7 heteroatoms. The van der Waals surface area contributed by atoms with Crippen molar-refractivity contribution in [3.63, 3.8) is 0 Å². The minimum absolute atomic E-state index is 0.141. The molecule has 0 amide bonds. The Kier molecular flexibility index (Phi) is 5.22. The summed E-state index contributed by atoms with van der Waals surface area (Å²) in [5.74, 6) is 1.48. The number of nitrogens with zero attached hydrogens (tertiary/aromatic N) is 2. The molecule has 0 bridgehead atoms. The van der Waals surface area contributed by atoms with Gasteiger partial charge in [0, 0.05) is 17.2 Å². The van der Waals surface area contributed by atoms with Crippen LogP contribution in [0.3, 0.4) is 0 Å². The van der Waals surface area contributed by atoms with E-state index in [1.807, 2.05) is 0 Å². The molecule has 0 spiro atoms. The Balaban J connectivity index is 1.67. The lowest BCUT2D eigenvalue weighted by atomic mass is 9.89. The first-order valence-electron chi connectivity index (χ1n) is 10.1. The molecule has 0 radical (unpaired) electrons. The molecule has 2 aliphatic rings. The zero-order valence-corrected chi connectivity index (χ0v) is 18.0. The molecule has 152 valence electrons. The summed E-state index contributed by atoms with van der Waals surface area (Å²) in [6, 6.07) is 6.47. The summed E-state index contributed by atoms with van der Waals surface area (Å²) in [6.07, 6.45) is 3.99. The maximum absolute atomic E-state index is 14.7. The van der Waals surface area contributed by atoms with E-state index in [1.165, 1.54) is 27.3 Å². The topological polar surface area (TPSA) is 44.1 Å². The molecule has 1 saturated heterocycles. The SMILES string of the molecule is CC1CCc2c(sc3nc(SCC4CCOC4)n(-c4ccccc4F)c(=O)c23)C1. The van der Waals surface area contributed by atoms with Crippen molar-refractivity contribution in [3.05, 3.63) is 50.9 Å². The molecule has 2 atom stereocenters. The summed E-state index contributed by atoms with van der Waals surface area (Å²) < 4.78 is 21.6. The third-order valence-corrected chi connectivity index (χ3v) is 8.18. The van der Waals surface area contributed by atoms with Crippen molar-refractivity contribution in [1.29, 1.82) is 0 Å². The van der Waals surface area contributed by atoms with Crippen molar-refractivity contribution in [2.24, 2.45) is 11.8 Å². The molecule has 2 unspecified atom stereocenters. The fraction of sp³-hybridized carbons (Fsp3) is 0.455. The summed E-state index contributed by atoms with van der Waals surface area (Å²) in [5, 5.41) is 1.26. The van der Waals surface area contributed by atoms with Crippen LogP contribution in [0.1, 0.15) is 30.2 Å². The maximum Gasteiger partial charge on any atom is 0.267 e. The number of para-hydroxylation sites is 1. The molecule has 3 heterocycles. The van der Waals surface area contributed by atoms with Crippen LogP contribution in [0.5, 0.6) is 0 Å². The number of halogens is 1. The van der Waals surface area contributed by atoms with E-state index in [0.717, 1.165) is 55.0 Å². The van der Waals surface area contributed by atoms with Gasteiger partial charge < -0.3 is 4.74 Å². The molecule has 5 rings (SSSR count). The largest absolute Gasteiger partial charge is 0.381 e. The predicted octanol–water partition coefficient (Wildman–Crippen LogP) is 4.84. The predicted molar refractivity (Wildman–Crippen MR) is 116 cm³/mol. The molecule has 0 N–H and O–H groups in total. The number of hydrogen-bond donors (Lipinski definition) is 0. The lowest BCUT2D eigenvalue weighted by Gasteiger charge is -2.18. The van der Waals surface area contributed by atoms with E-state index in [0.29, 0.717) is 22.4 Å². The van der Waals surface area contributed by atoms with Gasteiger partial charge in [-0.2, -0.15) is 0 Å². The number of hydrogen-bond acceptors (Lipinski definition) is 5. The summed E-state index contributed by atoms with van der Waals surface area (Å²) in [4.78, 5) is 20.6. The van der Waals surface area contributed by atoms with Gasteiger partial charge in [0.05, 0.1) is 17.7 Å². The van der Waals surface area contributed by atoms with Gasteiger partial charge in [0.25, 0.3) is 5.56 Å². The highest BCUT2D eigenvalue weighted by Gasteiger charge is 2.26. The second kappa shape index (κ2) is 7.85. The van der Waals surface area contributed by atoms with E-state index in [-0.39, 0.29) is 11.2 Å². The van der Waals surface area contributed by atoms with Crippen LogP contribution in [-0.4, -0.2) is 28.5 Å². The monoisotopic (exact) mass is 430 g/mol. The number of aromatic nitrogens is 2. The third-order valence-electron chi connectivity index (χ3n) is 5.86. The Bertz CT molecular complexity index is 1120. The average Bonchev–Trinajstić information content (AvgIpc) is 3.34. The highest BCUT2D eigenvalue weighted by atomic mass is 32.2. The minimum Gasteiger partial charge on any atom is -0.381 e. The van der Waals surface area contributed by atoms with Gasteiger partial charge in [0.15, 0.2) is 5.16 Å². The van der Waals surface area contributed by atoms with Crippen LogP contribution in [-0.2, 0) is 17.6 Å². The first-order valence-corrected chi connectivity index (χ1v) is 11.9. The van der Waals surface area contributed by atoms with E-state index in [2.05, 4.69) is 6.92 Å². The Morgan fingerprint density at radius 3 is 3.00 bits per heavy atom. The van der Waals surface area contributed by atoms with E-state index >= 15 is 0 Å². The zero-order valence-electron chi connectivity index (χ0n) is 16.3. The van der Waals surface area contributed by atoms with E-state index in [1.54, 1.807) is 29.5 Å². The van der Waals surface area contributed by atoms with Crippen molar-refractivity contribution in [2.75, 3.05) is 19.0 Å². The Hall–Kier alpha value is -1.70. The number of aryl methyl sites for hydroxylation is 1. The lowest BCUT2D eigenvalue weighted by Crippen LogP contribution is -2.23. The lowest BCUT2D eigenvalue weighted by molar-refractivity contribution is 0.189. The van der Waals surface area contributed by atoms with Crippen molar-refractivity contribution >= 4 is 33.3 Å². The normalized spacial score (nSPS) is 21.6. The van der Waals surface area contributed by atoms with Crippen molar-refractivity contribution in [3.8, 4) is 5.69 Å². The van der Waals surface area contributed by atoms with E-state index < -0.39 is 5.82 Å². The highest BCUT2D eigenvalue weighted by Crippen LogP contribution is 2.37. The molecule has 1 fully saturated rings. The number of ether oxygens (including phenoxy) is 1. The number of thioether (sulfide) groups is 1. The van der Waals surface area contributed by atoms with Crippen LogP contribution in [0.25, 0.3) is 15.9 Å². The molecule has 4 nitrogen and oxygen atoms in total. The van der Waals surface area contributed by atoms with Crippen LogP contribution in [0.15, 0.2) is 34.2 Å². The number of rotatable bonds is 4. The molecular formula is C22H23FN2O2S2. The van der Waals surface area contributed by atoms with Gasteiger partial charge >= 0.3 is 0 Å². The van der Waals surface area contributed by atoms with Crippen LogP contribution in [0, 0.1) is 17.7 Å². The number of fused-ring (bicyclic) bond motifs is 3. The summed E-state index contributed by atoms with van der Waals surface area (Å²) in [7, 11) is 0. The number of benzene rings is 1. The van der Waals surface area contributed by atoms with Gasteiger partial charge in [-0.15, -0.1) is 11.3 Å². The summed E-state index contributed by atoms with van der Waals surface area (Å²) in [6.45, 7) is 3.78. The molecule has 1 aromatic carbocycles. The second-order valence-electron chi connectivity index (χ2n) is 8.06. The number of thiophene rings is 1. The van der Waals surface area contributed by atoms with E-state index in [9.17, 15) is 9.18 Å². The highest BCUT2D eigenvalue weighted by molar-refractivity contribution is 7.99. The minimum atomic E-state index is -0.403. The van der Waals surface area contributed by atoms with Crippen LogP contribution in [0.2, 0.25) is 0 Å². The fourth-order valence-electron chi connectivity index (χ4n) is 4.22. The fourth-order valence-corrected chi connectivity index (χ4v) is 6.77. The standard InChI is InChI=1S/C22H23FN2O2S2/c1-13-6-7-15-18(10-13)29-20-19(15)21(26)25(17-5-3-2-4-16(17)23)22(24-20)28-12-14-8-9-27-11-14/h2-5,13-14H,6-12H2,1H3. The van der Waals surface area contributed by atoms with Crippen molar-refractivity contribution in [1.82, 2.24) is 9.55 Å². The quantitative estimate of drug-likeness (QED) is 0.439. The Labute approximate surface area is 177 Å². The van der Waals surface area contributed by atoms with Crippen LogP contribution in [0.4, 0.5) is 4.39 Å². The van der Waals surface area contributed by atoms with Crippen molar-refractivity contribution in [2.45, 2.75) is 37.8 Å². The van der Waals surface area contributed by atoms with Crippen LogP contribution < -0.4 is 5.56 Å². The first-order chi connectivity index (χ1) is 14.1. The van der Waals surface area contributed by atoms with Gasteiger partial charge in [0.2, 0.25) is 0 Å². The molecular weight excluding hydrogens is 407 g/mol. The average molecular weight is 431 g/mol. The molecule has 2 aromatic heterocycles. The van der Waals surface area contributed by atoms with Gasteiger partial charge in [-0.05, 0) is 55.2 Å². The molecule has 0 saturated carbocycles. The maximum atomic E-state index is 14.7. The Morgan fingerprint density at radius 2 is 2.21 bits per heavy atom. The summed E-state index contributed by atoms with van der Waals surface area (Å²) in [5.41, 5.74) is 1.27. The van der Waals surface area contributed by atoms with Gasteiger partial charge in [0.1, 0.15) is 10.6 Å². The zero-order chi connectivity index (χ0) is 20.0. The molecule has 1 aliphatic heterocycles. The van der Waals surface area contributed by atoms with Crippen molar-refractivity contribution < 1.29 is 9.13 Å². The van der Waals surface area contributed by atoms with Gasteiger partial charge in [-0.1, -0.05) is 30.8 Å². The molecule has 1 aliphatic carbocycles. The van der Waals surface area contributed by atoms with Gasteiger partial charge in [-0.3, -0.25) is 9.36 Å². The Morgan fingerprint density at radius 1 is 1.34 bits per heavy atom. The first kappa shape index (κ1) is 19.3.